The van der Waals surface area contributed by atoms with Gasteiger partial charge in [-0.3, -0.25) is 9.59 Å². The SMILES string of the molecule is CCOc1c(Cl)cc(/C=N\NC(=O)C(=O)Nc2cccc(C)c2)cc1OC. The molecule has 2 amide bonds. The lowest BCUT2D eigenvalue weighted by Crippen LogP contribution is -2.32. The smallest absolute Gasteiger partial charge is 0.329 e. The Morgan fingerprint density at radius 1 is 1.22 bits per heavy atom. The van der Waals surface area contributed by atoms with Crippen molar-refractivity contribution in [2.75, 3.05) is 19.0 Å². The topological polar surface area (TPSA) is 89.0 Å². The lowest BCUT2D eigenvalue weighted by atomic mass is 10.2. The minimum absolute atomic E-state index is 0.348. The molecular weight excluding hydrogens is 370 g/mol. The van der Waals surface area contributed by atoms with Gasteiger partial charge in [0.1, 0.15) is 0 Å². The number of carbonyl (C=O) groups excluding carboxylic acids is 2. The molecule has 7 nitrogen and oxygen atoms in total. The molecule has 0 aromatic heterocycles. The maximum Gasteiger partial charge on any atom is 0.329 e. The fraction of sp³-hybridized carbons (Fsp3) is 0.211. The molecule has 0 spiro atoms. The number of amides is 2. The van der Waals surface area contributed by atoms with E-state index in [2.05, 4.69) is 15.8 Å². The van der Waals surface area contributed by atoms with E-state index in [9.17, 15) is 9.59 Å². The minimum Gasteiger partial charge on any atom is -0.493 e. The summed E-state index contributed by atoms with van der Waals surface area (Å²) in [5.74, 6) is -0.841. The van der Waals surface area contributed by atoms with E-state index >= 15 is 0 Å². The Balaban J connectivity index is 2.00. The van der Waals surface area contributed by atoms with Crippen LogP contribution >= 0.6 is 11.6 Å². The molecule has 2 rings (SSSR count). The first-order valence-corrected chi connectivity index (χ1v) is 8.53. The van der Waals surface area contributed by atoms with Gasteiger partial charge < -0.3 is 14.8 Å². The maximum atomic E-state index is 11.9. The van der Waals surface area contributed by atoms with Crippen molar-refractivity contribution in [3.63, 3.8) is 0 Å². The second kappa shape index (κ2) is 9.59. The highest BCUT2D eigenvalue weighted by molar-refractivity contribution is 6.39. The number of nitrogens with one attached hydrogen (secondary N) is 2. The number of halogens is 1. The Kier molecular flexibility index (Phi) is 7.19. The van der Waals surface area contributed by atoms with Crippen LogP contribution in [0.15, 0.2) is 41.5 Å². The Bertz CT molecular complexity index is 868. The van der Waals surface area contributed by atoms with Crippen LogP contribution < -0.4 is 20.2 Å². The summed E-state index contributed by atoms with van der Waals surface area (Å²) < 4.78 is 10.7. The number of hydrogen-bond acceptors (Lipinski definition) is 5. The van der Waals surface area contributed by atoms with E-state index < -0.39 is 11.8 Å². The van der Waals surface area contributed by atoms with Crippen molar-refractivity contribution < 1.29 is 19.1 Å². The van der Waals surface area contributed by atoms with Gasteiger partial charge >= 0.3 is 11.8 Å². The zero-order valence-electron chi connectivity index (χ0n) is 15.2. The molecule has 0 bridgehead atoms. The lowest BCUT2D eigenvalue weighted by molar-refractivity contribution is -0.136. The average Bonchev–Trinajstić information content (AvgIpc) is 2.63. The zero-order valence-corrected chi connectivity index (χ0v) is 16.0. The van der Waals surface area contributed by atoms with Crippen molar-refractivity contribution in [2.45, 2.75) is 13.8 Å². The van der Waals surface area contributed by atoms with Crippen LogP contribution in [-0.2, 0) is 9.59 Å². The quantitative estimate of drug-likeness (QED) is 0.451. The maximum absolute atomic E-state index is 11.9. The normalized spacial score (nSPS) is 10.5. The van der Waals surface area contributed by atoms with Crippen LogP contribution in [-0.4, -0.2) is 31.7 Å². The second-order valence-corrected chi connectivity index (χ2v) is 5.90. The molecular formula is C19H20ClN3O4. The van der Waals surface area contributed by atoms with Gasteiger partial charge in [0.15, 0.2) is 11.5 Å². The molecule has 0 atom stereocenters. The van der Waals surface area contributed by atoms with Crippen molar-refractivity contribution in [2.24, 2.45) is 5.10 Å². The molecule has 0 unspecified atom stereocenters. The molecule has 0 fully saturated rings. The first-order valence-electron chi connectivity index (χ1n) is 8.16. The highest BCUT2D eigenvalue weighted by atomic mass is 35.5. The minimum atomic E-state index is -0.892. The molecule has 27 heavy (non-hydrogen) atoms. The van der Waals surface area contributed by atoms with Crippen LogP contribution in [0.2, 0.25) is 5.02 Å². The van der Waals surface area contributed by atoms with Crippen LogP contribution in [0.3, 0.4) is 0 Å². The predicted molar refractivity (Wildman–Crippen MR) is 105 cm³/mol. The second-order valence-electron chi connectivity index (χ2n) is 5.49. The molecule has 0 aliphatic heterocycles. The number of methoxy groups -OCH3 is 1. The number of ether oxygens (including phenoxy) is 2. The fourth-order valence-corrected chi connectivity index (χ4v) is 2.50. The van der Waals surface area contributed by atoms with E-state index in [-0.39, 0.29) is 0 Å². The van der Waals surface area contributed by atoms with Crippen LogP contribution in [0.5, 0.6) is 11.5 Å². The Morgan fingerprint density at radius 2 is 2.00 bits per heavy atom. The van der Waals surface area contributed by atoms with Gasteiger partial charge in [0, 0.05) is 5.69 Å². The van der Waals surface area contributed by atoms with Gasteiger partial charge in [0.2, 0.25) is 0 Å². The fourth-order valence-electron chi connectivity index (χ4n) is 2.23. The van der Waals surface area contributed by atoms with Crippen LogP contribution in [0.1, 0.15) is 18.1 Å². The summed E-state index contributed by atoms with van der Waals surface area (Å²) in [6.45, 7) is 4.16. The van der Waals surface area contributed by atoms with E-state index in [1.807, 2.05) is 19.9 Å². The summed E-state index contributed by atoms with van der Waals surface area (Å²) in [7, 11) is 1.49. The summed E-state index contributed by atoms with van der Waals surface area (Å²) in [6.07, 6.45) is 1.35. The number of hydrazone groups is 1. The first-order chi connectivity index (χ1) is 12.9. The standard InChI is InChI=1S/C19H20ClN3O4/c1-4-27-17-15(20)9-13(10-16(17)26-3)11-21-23-19(25)18(24)22-14-7-5-6-12(2)8-14/h5-11H,4H2,1-3H3,(H,22,24)(H,23,25)/b21-11-. The average molecular weight is 390 g/mol. The molecule has 0 aliphatic rings. The molecule has 8 heteroatoms. The van der Waals surface area contributed by atoms with Crippen LogP contribution in [0.4, 0.5) is 5.69 Å². The van der Waals surface area contributed by atoms with Gasteiger partial charge in [0.05, 0.1) is 25.0 Å². The number of rotatable bonds is 6. The number of carbonyl (C=O) groups is 2. The van der Waals surface area contributed by atoms with Gasteiger partial charge in [-0.2, -0.15) is 5.10 Å². The summed E-state index contributed by atoms with van der Waals surface area (Å²) in [5.41, 5.74) is 4.23. The number of anilines is 1. The van der Waals surface area contributed by atoms with Crippen molar-refractivity contribution in [3.05, 3.63) is 52.5 Å². The van der Waals surface area contributed by atoms with Gasteiger partial charge in [-0.05, 0) is 49.2 Å². The van der Waals surface area contributed by atoms with Crippen LogP contribution in [0, 0.1) is 6.92 Å². The molecule has 0 saturated heterocycles. The molecule has 0 saturated carbocycles. The number of nitrogens with zero attached hydrogens (tertiary/aromatic N) is 1. The summed E-state index contributed by atoms with van der Waals surface area (Å²) >= 11 is 6.17. The van der Waals surface area contributed by atoms with Gasteiger partial charge in [-0.1, -0.05) is 23.7 Å². The number of aryl methyl sites for hydroxylation is 1. The Labute approximate surface area is 162 Å². The Hall–Kier alpha value is -3.06. The summed E-state index contributed by atoms with van der Waals surface area (Å²) in [6, 6.07) is 10.4. The van der Waals surface area contributed by atoms with Crippen molar-refractivity contribution in [1.82, 2.24) is 5.43 Å². The highest BCUT2D eigenvalue weighted by Gasteiger charge is 2.13. The van der Waals surface area contributed by atoms with Crippen molar-refractivity contribution in [3.8, 4) is 11.5 Å². The van der Waals surface area contributed by atoms with Crippen LogP contribution in [0.25, 0.3) is 0 Å². The summed E-state index contributed by atoms with van der Waals surface area (Å²) in [5, 5.41) is 6.62. The molecule has 142 valence electrons. The van der Waals surface area contributed by atoms with Crippen molar-refractivity contribution in [1.29, 1.82) is 0 Å². The first kappa shape index (κ1) is 20.3. The zero-order chi connectivity index (χ0) is 19.8. The third kappa shape index (κ3) is 5.72. The number of benzene rings is 2. The van der Waals surface area contributed by atoms with Crippen molar-refractivity contribution >= 4 is 35.3 Å². The summed E-state index contributed by atoms with van der Waals surface area (Å²) in [4.78, 5) is 23.7. The highest BCUT2D eigenvalue weighted by Crippen LogP contribution is 2.35. The van der Waals surface area contributed by atoms with E-state index in [1.54, 1.807) is 30.3 Å². The molecule has 2 aromatic rings. The molecule has 0 radical (unpaired) electrons. The molecule has 2 N–H and O–H groups in total. The van der Waals surface area contributed by atoms with Gasteiger partial charge in [-0.25, -0.2) is 5.43 Å². The molecule has 0 heterocycles. The molecule has 0 aliphatic carbocycles. The third-order valence-electron chi connectivity index (χ3n) is 3.40. The van der Waals surface area contributed by atoms with Gasteiger partial charge in [-0.15, -0.1) is 0 Å². The van der Waals surface area contributed by atoms with E-state index in [4.69, 9.17) is 21.1 Å². The largest absolute Gasteiger partial charge is 0.493 e. The molecule has 2 aromatic carbocycles. The van der Waals surface area contributed by atoms with E-state index in [0.717, 1.165) is 5.56 Å². The monoisotopic (exact) mass is 389 g/mol. The van der Waals surface area contributed by atoms with Gasteiger partial charge in [0.25, 0.3) is 0 Å². The van der Waals surface area contributed by atoms with E-state index in [1.165, 1.54) is 13.3 Å². The number of hydrogen-bond donors (Lipinski definition) is 2. The third-order valence-corrected chi connectivity index (χ3v) is 3.68. The Morgan fingerprint density at radius 3 is 2.67 bits per heavy atom. The lowest BCUT2D eigenvalue weighted by Gasteiger charge is -2.11. The van der Waals surface area contributed by atoms with E-state index in [0.29, 0.717) is 34.4 Å². The predicted octanol–water partition coefficient (Wildman–Crippen LogP) is 3.14.